The Morgan fingerprint density at radius 1 is 1.20 bits per heavy atom. The summed E-state index contributed by atoms with van der Waals surface area (Å²) >= 11 is 4.75. The van der Waals surface area contributed by atoms with Gasteiger partial charge in [-0.3, -0.25) is 0 Å². The molecule has 0 atom stereocenters. The molecule has 0 fully saturated rings. The van der Waals surface area contributed by atoms with Crippen LogP contribution in [0, 0.1) is 0 Å². The molecule has 5 heteroatoms. The molecule has 0 amide bonds. The van der Waals surface area contributed by atoms with Crippen molar-refractivity contribution >= 4 is 72.6 Å². The van der Waals surface area contributed by atoms with Crippen molar-refractivity contribution in [3.63, 3.8) is 0 Å². The van der Waals surface area contributed by atoms with Gasteiger partial charge in [0.05, 0.1) is 0 Å². The van der Waals surface area contributed by atoms with Crippen LogP contribution in [0.25, 0.3) is 0 Å². The summed E-state index contributed by atoms with van der Waals surface area (Å²) in [6, 6.07) is 0. The fraction of sp³-hybridized carbons (Fsp3) is 0. The Bertz CT molecular complexity index is 9.61. The van der Waals surface area contributed by atoms with Crippen LogP contribution in [0.4, 0.5) is 0 Å². The van der Waals surface area contributed by atoms with Crippen LogP contribution in [-0.4, -0.2) is 72.6 Å². The molecule has 0 aliphatic rings. The first-order valence-electron chi connectivity index (χ1n) is 0.183. The predicted molar refractivity (Wildman–Crippen MR) is 31.4 cm³/mol. The van der Waals surface area contributed by atoms with Crippen LogP contribution >= 0.6 is 0 Å². The van der Waals surface area contributed by atoms with Crippen LogP contribution in [0.2, 0.25) is 0 Å². The van der Waals surface area contributed by atoms with Crippen LogP contribution in [0.3, 0.4) is 0 Å². The minimum absolute atomic E-state index is 0. The molecule has 5 heavy (non-hydrogen) atoms. The third kappa shape index (κ3) is 19.4. The fourth-order valence-corrected chi connectivity index (χ4v) is 0. The van der Waals surface area contributed by atoms with Crippen molar-refractivity contribution in [3.05, 3.63) is 0 Å². The van der Waals surface area contributed by atoms with Gasteiger partial charge in [0.15, 0.2) is 0 Å². The zero-order valence-electron chi connectivity index (χ0n) is 1.73. The monoisotopic (exact) mass is 419 g/mol. The van der Waals surface area contributed by atoms with Crippen LogP contribution in [-0.2, 0) is 17.1 Å². The summed E-state index contributed by atoms with van der Waals surface area (Å²) < 4.78 is 0. The zero-order chi connectivity index (χ0) is 2.00. The molecule has 0 unspecified atom stereocenters. The van der Waals surface area contributed by atoms with Gasteiger partial charge >= 0.3 is 72.6 Å². The molecule has 0 saturated heterocycles. The van der Waals surface area contributed by atoms with Gasteiger partial charge in [0.1, 0.15) is 0 Å². The van der Waals surface area contributed by atoms with Crippen molar-refractivity contribution in [2.24, 2.45) is 0 Å². The molecule has 37 valence electrons. The summed E-state index contributed by atoms with van der Waals surface area (Å²) in [5.74, 6) is 0. The molecule has 0 rings (SSSR count). The van der Waals surface area contributed by atoms with E-state index in [2.05, 4.69) is 28.4 Å². The van der Waals surface area contributed by atoms with E-state index in [-0.39, 0.29) is 61.3 Å². The van der Waals surface area contributed by atoms with E-state index in [4.69, 9.17) is 0 Å². The standard InChI is InChI=1S/Cu.Ga.Sb.HSe2.5H/c;;;1-2;;;;;/h;;;1H;;;;;. The molecule has 0 spiro atoms. The molecule has 0 aromatic heterocycles. The predicted octanol–water partition coefficient (Wildman–Crippen LogP) is -3.13. The minimum atomic E-state index is 0. The third-order valence-electron chi connectivity index (χ3n) is 0. The second-order valence-electron chi connectivity index (χ2n) is 0. The summed E-state index contributed by atoms with van der Waals surface area (Å²) in [6.45, 7) is 0. The van der Waals surface area contributed by atoms with Crippen LogP contribution in [0.1, 0.15) is 0 Å². The Labute approximate surface area is 88.1 Å². The molecule has 0 aliphatic carbocycles. The summed E-state index contributed by atoms with van der Waals surface area (Å²) in [5.41, 5.74) is 0. The average Bonchev–Trinajstić information content (AvgIpc) is 1.00. The number of hydrogen-bond acceptors (Lipinski definition) is 0. The SMILES string of the molecule is [Cu].[GaH3].[SbH2].[Se][SeH]. The van der Waals surface area contributed by atoms with Crippen LogP contribution < -0.4 is 0 Å². The van der Waals surface area contributed by atoms with E-state index in [9.17, 15) is 0 Å². The Morgan fingerprint density at radius 3 is 1.20 bits per heavy atom. The Kier molecular flexibility index (Phi) is 137. The molecule has 0 aromatic carbocycles. The van der Waals surface area contributed by atoms with Gasteiger partial charge in [0.25, 0.3) is 0 Å². The zero-order valence-corrected chi connectivity index (χ0v) is 9.56. The Balaban J connectivity index is -0.00000000167. The molecular weight excluding hydrogens is 413 g/mol. The first-order chi connectivity index (χ1) is 1.00. The molecule has 0 bridgehead atoms. The molecule has 3 radical (unpaired) electrons. The van der Waals surface area contributed by atoms with E-state index < -0.39 is 0 Å². The normalized spacial score (nSPS) is 1.20. The van der Waals surface area contributed by atoms with E-state index in [0.717, 1.165) is 0 Å². The first-order valence-corrected chi connectivity index (χ1v) is 4.93. The maximum absolute atomic E-state index is 2.56. The van der Waals surface area contributed by atoms with Crippen molar-refractivity contribution in [2.75, 3.05) is 0 Å². The van der Waals surface area contributed by atoms with Gasteiger partial charge in [-0.05, 0) is 0 Å². The fourth-order valence-electron chi connectivity index (χ4n) is 0. The third-order valence-corrected chi connectivity index (χ3v) is 0. The van der Waals surface area contributed by atoms with E-state index in [0.29, 0.717) is 0 Å². The molecule has 0 N–H and O–H groups in total. The van der Waals surface area contributed by atoms with Gasteiger partial charge in [-0.1, -0.05) is 0 Å². The average molecular weight is 419 g/mol. The van der Waals surface area contributed by atoms with Gasteiger partial charge in [0, 0.05) is 17.1 Å². The quantitative estimate of drug-likeness (QED) is 0.365. The summed E-state index contributed by atoms with van der Waals surface area (Å²) in [6.07, 6.45) is 0. The van der Waals surface area contributed by atoms with Crippen molar-refractivity contribution < 1.29 is 17.1 Å². The number of hydrogen-bond donors (Lipinski definition) is 0. The van der Waals surface area contributed by atoms with Crippen LogP contribution in [0.5, 0.6) is 0 Å². The van der Waals surface area contributed by atoms with E-state index in [1.165, 1.54) is 0 Å². The van der Waals surface area contributed by atoms with Gasteiger partial charge in [-0.2, -0.15) is 0 Å². The first kappa shape index (κ1) is 24.5. The topological polar surface area (TPSA) is 0 Å². The molecular formula is H6CuGaSbSe2. The number of rotatable bonds is 0. The van der Waals surface area contributed by atoms with E-state index in [1.54, 1.807) is 0 Å². The van der Waals surface area contributed by atoms with Crippen molar-refractivity contribution in [2.45, 2.75) is 0 Å². The van der Waals surface area contributed by atoms with Gasteiger partial charge in [-0.25, -0.2) is 0 Å². The molecule has 0 heterocycles. The summed E-state index contributed by atoms with van der Waals surface area (Å²) in [5, 5.41) is 0. The van der Waals surface area contributed by atoms with Crippen molar-refractivity contribution in [1.29, 1.82) is 0 Å². The van der Waals surface area contributed by atoms with Crippen molar-refractivity contribution in [1.82, 2.24) is 0 Å². The van der Waals surface area contributed by atoms with Gasteiger partial charge < -0.3 is 0 Å². The summed E-state index contributed by atoms with van der Waals surface area (Å²) in [4.78, 5) is 0. The van der Waals surface area contributed by atoms with Crippen molar-refractivity contribution in [3.8, 4) is 0 Å². The van der Waals surface area contributed by atoms with Gasteiger partial charge in [-0.15, -0.1) is 0 Å². The second-order valence-corrected chi connectivity index (χ2v) is 0. The Hall–Kier alpha value is 3.01. The Morgan fingerprint density at radius 2 is 1.20 bits per heavy atom. The van der Waals surface area contributed by atoms with E-state index >= 15 is 0 Å². The molecule has 0 aliphatic heterocycles. The van der Waals surface area contributed by atoms with E-state index in [1.807, 2.05) is 0 Å². The molecule has 0 saturated carbocycles. The molecule has 0 aromatic rings. The van der Waals surface area contributed by atoms with Crippen LogP contribution in [0.15, 0.2) is 0 Å². The second kappa shape index (κ2) is 27.9. The summed E-state index contributed by atoms with van der Waals surface area (Å²) in [7, 11) is 0. The molecule has 0 nitrogen and oxygen atoms in total. The van der Waals surface area contributed by atoms with Gasteiger partial charge in [0.2, 0.25) is 0 Å². The maximum atomic E-state index is 2.56.